The van der Waals surface area contributed by atoms with Gasteiger partial charge in [0.25, 0.3) is 0 Å². The van der Waals surface area contributed by atoms with Gasteiger partial charge in [-0.15, -0.1) is 0 Å². The third-order valence-electron chi connectivity index (χ3n) is 3.67. The molecule has 3 rings (SSSR count). The molecule has 0 saturated heterocycles. The third-order valence-corrected chi connectivity index (χ3v) is 3.67. The molecule has 0 N–H and O–H groups in total. The molecule has 94 valence electrons. The highest BCUT2D eigenvalue weighted by Gasteiger charge is 2.11. The number of benzene rings is 2. The summed E-state index contributed by atoms with van der Waals surface area (Å²) in [7, 11) is 0. The fraction of sp³-hybridized carbons (Fsp3) is 0.111. The molecule has 3 aromatic rings. The third kappa shape index (κ3) is 1.97. The van der Waals surface area contributed by atoms with E-state index >= 15 is 0 Å². The Labute approximate surface area is 113 Å². The fourth-order valence-corrected chi connectivity index (χ4v) is 2.69. The zero-order valence-electron chi connectivity index (χ0n) is 11.1. The quantitative estimate of drug-likeness (QED) is 0.635. The van der Waals surface area contributed by atoms with Gasteiger partial charge < -0.3 is 4.57 Å². The molecule has 0 aliphatic rings. The van der Waals surface area contributed by atoms with Crippen LogP contribution < -0.4 is 0 Å². The monoisotopic (exact) mass is 247 g/mol. The van der Waals surface area contributed by atoms with Crippen molar-refractivity contribution in [1.82, 2.24) is 4.57 Å². The number of rotatable bonds is 3. The molecule has 0 radical (unpaired) electrons. The maximum Gasteiger partial charge on any atom is 0.0491 e. The Hall–Kier alpha value is -2.28. The first-order valence-corrected chi connectivity index (χ1v) is 6.55. The van der Waals surface area contributed by atoms with Gasteiger partial charge in [0.05, 0.1) is 0 Å². The van der Waals surface area contributed by atoms with E-state index < -0.39 is 0 Å². The van der Waals surface area contributed by atoms with Gasteiger partial charge in [0.2, 0.25) is 0 Å². The molecule has 0 spiro atoms. The largest absolute Gasteiger partial charge is 0.340 e. The van der Waals surface area contributed by atoms with Gasteiger partial charge in [0.15, 0.2) is 0 Å². The molecule has 1 heteroatoms. The van der Waals surface area contributed by atoms with Crippen molar-refractivity contribution in [2.45, 2.75) is 13.5 Å². The van der Waals surface area contributed by atoms with Gasteiger partial charge in [-0.05, 0) is 18.6 Å². The molecule has 1 nitrogen and oxygen atoms in total. The van der Waals surface area contributed by atoms with Crippen molar-refractivity contribution < 1.29 is 0 Å². The zero-order valence-corrected chi connectivity index (χ0v) is 11.1. The van der Waals surface area contributed by atoms with E-state index in [0.29, 0.717) is 0 Å². The molecule has 0 atom stereocenters. The summed E-state index contributed by atoms with van der Waals surface area (Å²) in [5.74, 6) is 0. The Kier molecular flexibility index (Phi) is 2.96. The topological polar surface area (TPSA) is 4.93 Å². The van der Waals surface area contributed by atoms with Crippen molar-refractivity contribution in [2.75, 3.05) is 0 Å². The lowest BCUT2D eigenvalue weighted by molar-refractivity contribution is 0.804. The Morgan fingerprint density at radius 3 is 2.42 bits per heavy atom. The minimum Gasteiger partial charge on any atom is -0.340 e. The lowest BCUT2D eigenvalue weighted by atomic mass is 10.1. The molecule has 19 heavy (non-hydrogen) atoms. The molecule has 0 amide bonds. The molecular formula is C18H17N. The number of hydrogen-bond acceptors (Lipinski definition) is 0. The van der Waals surface area contributed by atoms with Crippen LogP contribution in [-0.4, -0.2) is 4.57 Å². The van der Waals surface area contributed by atoms with Crippen LogP contribution in [0.2, 0.25) is 0 Å². The van der Waals surface area contributed by atoms with Crippen molar-refractivity contribution in [1.29, 1.82) is 0 Å². The van der Waals surface area contributed by atoms with E-state index in [2.05, 4.69) is 72.7 Å². The lowest BCUT2D eigenvalue weighted by Crippen LogP contribution is -2.01. The molecule has 2 aromatic carbocycles. The van der Waals surface area contributed by atoms with Gasteiger partial charge in [0, 0.05) is 28.7 Å². The normalized spacial score (nSPS) is 10.8. The van der Waals surface area contributed by atoms with E-state index in [0.717, 1.165) is 6.54 Å². The van der Waals surface area contributed by atoms with E-state index in [1.807, 2.05) is 6.08 Å². The lowest BCUT2D eigenvalue weighted by Gasteiger charge is -2.08. The molecular weight excluding hydrogens is 230 g/mol. The molecule has 0 fully saturated rings. The van der Waals surface area contributed by atoms with Crippen LogP contribution in [-0.2, 0) is 6.54 Å². The zero-order chi connectivity index (χ0) is 13.2. The van der Waals surface area contributed by atoms with Crippen LogP contribution in [0.1, 0.15) is 16.8 Å². The molecule has 1 aromatic heterocycles. The van der Waals surface area contributed by atoms with Crippen LogP contribution in [0, 0.1) is 6.92 Å². The average Bonchev–Trinajstić information content (AvgIpc) is 2.73. The number of para-hydroxylation sites is 1. The van der Waals surface area contributed by atoms with Gasteiger partial charge >= 0.3 is 0 Å². The minimum absolute atomic E-state index is 0.904. The van der Waals surface area contributed by atoms with Crippen LogP contribution in [0.4, 0.5) is 0 Å². The van der Waals surface area contributed by atoms with Crippen LogP contribution in [0.3, 0.4) is 0 Å². The fourth-order valence-electron chi connectivity index (χ4n) is 2.69. The maximum absolute atomic E-state index is 3.95. The van der Waals surface area contributed by atoms with E-state index in [-0.39, 0.29) is 0 Å². The van der Waals surface area contributed by atoms with Crippen LogP contribution >= 0.6 is 0 Å². The maximum atomic E-state index is 3.95. The first-order chi connectivity index (χ1) is 9.31. The molecule has 0 bridgehead atoms. The Morgan fingerprint density at radius 2 is 1.68 bits per heavy atom. The number of aromatic nitrogens is 1. The van der Waals surface area contributed by atoms with E-state index in [4.69, 9.17) is 0 Å². The summed E-state index contributed by atoms with van der Waals surface area (Å²) in [6.07, 6.45) is 1.96. The Balaban J connectivity index is 2.18. The second-order valence-electron chi connectivity index (χ2n) is 4.79. The van der Waals surface area contributed by atoms with Crippen LogP contribution in [0.5, 0.6) is 0 Å². The van der Waals surface area contributed by atoms with Gasteiger partial charge in [0.1, 0.15) is 0 Å². The van der Waals surface area contributed by atoms with Gasteiger partial charge in [-0.25, -0.2) is 0 Å². The Bertz CT molecular complexity index is 720. The predicted molar refractivity (Wildman–Crippen MR) is 82.3 cm³/mol. The second kappa shape index (κ2) is 4.77. The highest BCUT2D eigenvalue weighted by Crippen LogP contribution is 2.27. The molecule has 0 unspecified atom stereocenters. The number of hydrogen-bond donors (Lipinski definition) is 0. The van der Waals surface area contributed by atoms with Gasteiger partial charge in [-0.2, -0.15) is 0 Å². The van der Waals surface area contributed by atoms with Crippen molar-refractivity contribution in [3.8, 4) is 0 Å². The molecule has 0 aliphatic heterocycles. The molecule has 0 saturated carbocycles. The average molecular weight is 247 g/mol. The number of nitrogens with zero attached hydrogens (tertiary/aromatic N) is 1. The Morgan fingerprint density at radius 1 is 1.00 bits per heavy atom. The first kappa shape index (κ1) is 11.8. The van der Waals surface area contributed by atoms with Crippen LogP contribution in [0.15, 0.2) is 61.2 Å². The predicted octanol–water partition coefficient (Wildman–Crippen LogP) is 4.64. The summed E-state index contributed by atoms with van der Waals surface area (Å²) in [6.45, 7) is 7.02. The number of fused-ring (bicyclic) bond motifs is 1. The van der Waals surface area contributed by atoms with Crippen molar-refractivity contribution in [3.05, 3.63) is 78.0 Å². The highest BCUT2D eigenvalue weighted by atomic mass is 15.0. The van der Waals surface area contributed by atoms with Crippen molar-refractivity contribution >= 4 is 17.0 Å². The van der Waals surface area contributed by atoms with Crippen LogP contribution in [0.25, 0.3) is 17.0 Å². The SMILES string of the molecule is C=Cc1c(C)n(Cc2ccccc2)c2ccccc12. The summed E-state index contributed by atoms with van der Waals surface area (Å²) < 4.78 is 2.36. The summed E-state index contributed by atoms with van der Waals surface area (Å²) in [4.78, 5) is 0. The van der Waals surface area contributed by atoms with E-state index in [1.54, 1.807) is 0 Å². The van der Waals surface area contributed by atoms with Gasteiger partial charge in [-0.3, -0.25) is 0 Å². The summed E-state index contributed by atoms with van der Waals surface area (Å²) >= 11 is 0. The molecule has 0 aliphatic carbocycles. The van der Waals surface area contributed by atoms with E-state index in [9.17, 15) is 0 Å². The van der Waals surface area contributed by atoms with Crippen molar-refractivity contribution in [2.24, 2.45) is 0 Å². The highest BCUT2D eigenvalue weighted by molar-refractivity contribution is 5.91. The van der Waals surface area contributed by atoms with E-state index in [1.165, 1.54) is 27.7 Å². The first-order valence-electron chi connectivity index (χ1n) is 6.55. The second-order valence-corrected chi connectivity index (χ2v) is 4.79. The summed E-state index contributed by atoms with van der Waals surface area (Å²) in [5, 5.41) is 1.28. The summed E-state index contributed by atoms with van der Waals surface area (Å²) in [5.41, 5.74) is 5.12. The smallest absolute Gasteiger partial charge is 0.0491 e. The van der Waals surface area contributed by atoms with Crippen molar-refractivity contribution in [3.63, 3.8) is 0 Å². The molecule has 1 heterocycles. The minimum atomic E-state index is 0.904. The van der Waals surface area contributed by atoms with Gasteiger partial charge in [-0.1, -0.05) is 61.2 Å². The standard InChI is InChI=1S/C18H17N/c1-3-16-14(2)19(13-15-9-5-4-6-10-15)18-12-8-7-11-17(16)18/h3-12H,1,13H2,2H3. The summed E-state index contributed by atoms with van der Waals surface area (Å²) in [6, 6.07) is 19.1.